The standard InChI is InChI=1S/C8H6S.O/c1-2-4-8-7(3-1)5-6-9-8;/h1-6H;. The van der Waals surface area contributed by atoms with E-state index in [9.17, 15) is 0 Å². The van der Waals surface area contributed by atoms with E-state index in [1.54, 1.807) is 11.3 Å². The normalized spacial score (nSPS) is 9.20. The van der Waals surface area contributed by atoms with Crippen molar-refractivity contribution in [1.29, 1.82) is 0 Å². The molecule has 0 unspecified atom stereocenters. The van der Waals surface area contributed by atoms with Crippen molar-refractivity contribution in [2.75, 3.05) is 0 Å². The van der Waals surface area contributed by atoms with Crippen LogP contribution in [0.1, 0.15) is 0 Å². The Hall–Kier alpha value is -0.860. The fourth-order valence-electron chi connectivity index (χ4n) is 0.906. The molecular weight excluding hydrogens is 144 g/mol. The molecule has 0 aliphatic heterocycles. The van der Waals surface area contributed by atoms with E-state index in [1.807, 2.05) is 0 Å². The average Bonchev–Trinajstić information content (AvgIpc) is 2.33. The number of thiophene rings is 1. The van der Waals surface area contributed by atoms with Crippen LogP contribution in [0.25, 0.3) is 10.1 Å². The minimum absolute atomic E-state index is 0. The van der Waals surface area contributed by atoms with Gasteiger partial charge in [-0.1, -0.05) is 18.2 Å². The lowest BCUT2D eigenvalue weighted by Crippen LogP contribution is -1.56. The quantitative estimate of drug-likeness (QED) is 0.552. The second kappa shape index (κ2) is 2.82. The molecule has 1 heterocycles. The molecule has 1 aromatic carbocycles. The third-order valence-electron chi connectivity index (χ3n) is 1.36. The van der Waals surface area contributed by atoms with Gasteiger partial charge in [0.15, 0.2) is 0 Å². The lowest BCUT2D eigenvalue weighted by atomic mass is 10.3. The Kier molecular flexibility index (Phi) is 2.04. The predicted molar refractivity (Wildman–Crippen MR) is 42.5 cm³/mol. The van der Waals surface area contributed by atoms with Crippen LogP contribution in [0.15, 0.2) is 35.7 Å². The highest BCUT2D eigenvalue weighted by atomic mass is 32.1. The molecule has 0 N–H and O–H groups in total. The molecule has 0 aliphatic rings. The first-order valence-electron chi connectivity index (χ1n) is 2.89. The smallest absolute Gasteiger partial charge is 0.0342 e. The van der Waals surface area contributed by atoms with Crippen molar-refractivity contribution in [1.82, 2.24) is 0 Å². The molecule has 2 rings (SSSR count). The minimum atomic E-state index is 0. The third kappa shape index (κ3) is 1.03. The van der Waals surface area contributed by atoms with E-state index in [0.717, 1.165) is 0 Å². The van der Waals surface area contributed by atoms with E-state index >= 15 is 0 Å². The maximum absolute atomic E-state index is 2.14. The molecule has 0 saturated heterocycles. The fourth-order valence-corrected chi connectivity index (χ4v) is 1.70. The summed E-state index contributed by atoms with van der Waals surface area (Å²) in [6.07, 6.45) is 0. The summed E-state index contributed by atoms with van der Waals surface area (Å²) in [5.74, 6) is 0. The highest BCUT2D eigenvalue weighted by Crippen LogP contribution is 2.18. The van der Waals surface area contributed by atoms with Crippen LogP contribution in [-0.2, 0) is 5.48 Å². The van der Waals surface area contributed by atoms with Crippen LogP contribution in [0.2, 0.25) is 0 Å². The van der Waals surface area contributed by atoms with Crippen molar-refractivity contribution < 1.29 is 5.48 Å². The zero-order chi connectivity index (χ0) is 6.10. The van der Waals surface area contributed by atoms with Crippen LogP contribution in [0, 0.1) is 0 Å². The predicted octanol–water partition coefficient (Wildman–Crippen LogP) is 2.78. The van der Waals surface area contributed by atoms with Crippen LogP contribution in [0.5, 0.6) is 0 Å². The SMILES string of the molecule is [O].c1ccc2sccc2c1. The van der Waals surface area contributed by atoms with Gasteiger partial charge in [0.25, 0.3) is 0 Å². The average molecular weight is 150 g/mol. The molecule has 0 atom stereocenters. The van der Waals surface area contributed by atoms with E-state index in [4.69, 9.17) is 0 Å². The van der Waals surface area contributed by atoms with Crippen LogP contribution in [-0.4, -0.2) is 0 Å². The maximum Gasteiger partial charge on any atom is 0.0342 e. The Bertz CT molecular complexity index is 283. The summed E-state index contributed by atoms with van der Waals surface area (Å²) in [7, 11) is 0. The van der Waals surface area contributed by atoms with Crippen LogP contribution >= 0.6 is 11.3 Å². The molecule has 0 aliphatic carbocycles. The van der Waals surface area contributed by atoms with Gasteiger partial charge < -0.3 is 0 Å². The van der Waals surface area contributed by atoms with Gasteiger partial charge in [0.2, 0.25) is 0 Å². The van der Waals surface area contributed by atoms with Gasteiger partial charge in [0.05, 0.1) is 0 Å². The highest BCUT2D eigenvalue weighted by Gasteiger charge is 1.87. The summed E-state index contributed by atoms with van der Waals surface area (Å²) in [4.78, 5) is 0. The first kappa shape index (κ1) is 7.25. The summed E-state index contributed by atoms with van der Waals surface area (Å²) in [6, 6.07) is 10.5. The van der Waals surface area contributed by atoms with Gasteiger partial charge in [0.1, 0.15) is 0 Å². The van der Waals surface area contributed by atoms with Crippen molar-refractivity contribution in [2.24, 2.45) is 0 Å². The van der Waals surface area contributed by atoms with E-state index in [2.05, 4.69) is 35.7 Å². The molecule has 0 fully saturated rings. The Labute approximate surface area is 63.2 Å². The van der Waals surface area contributed by atoms with Crippen molar-refractivity contribution in [3.8, 4) is 0 Å². The summed E-state index contributed by atoms with van der Waals surface area (Å²) < 4.78 is 1.37. The Morgan fingerprint density at radius 3 is 2.60 bits per heavy atom. The molecule has 2 heteroatoms. The Morgan fingerprint density at radius 1 is 1.00 bits per heavy atom. The molecule has 0 saturated carbocycles. The Balaban J connectivity index is 0.000000500. The second-order valence-corrected chi connectivity index (χ2v) is 2.91. The number of hydrogen-bond donors (Lipinski definition) is 0. The van der Waals surface area contributed by atoms with E-state index in [0.29, 0.717) is 0 Å². The minimum Gasteiger partial charge on any atom is -0.144 e. The van der Waals surface area contributed by atoms with Gasteiger partial charge in [-0.2, -0.15) is 0 Å². The number of hydrogen-bond acceptors (Lipinski definition) is 1. The summed E-state index contributed by atoms with van der Waals surface area (Å²) in [6.45, 7) is 0. The van der Waals surface area contributed by atoms with E-state index in [-0.39, 0.29) is 5.48 Å². The fraction of sp³-hybridized carbons (Fsp3) is 0. The molecule has 2 radical (unpaired) electrons. The van der Waals surface area contributed by atoms with Crippen molar-refractivity contribution in [3.63, 3.8) is 0 Å². The van der Waals surface area contributed by atoms with Gasteiger partial charge in [-0.3, -0.25) is 0 Å². The molecule has 0 amide bonds. The summed E-state index contributed by atoms with van der Waals surface area (Å²) in [5, 5.41) is 3.47. The van der Waals surface area contributed by atoms with Crippen molar-refractivity contribution >= 4 is 21.4 Å². The van der Waals surface area contributed by atoms with Crippen LogP contribution < -0.4 is 0 Å². The molecular formula is C8H6OS. The topological polar surface area (TPSA) is 28.5 Å². The number of benzene rings is 1. The third-order valence-corrected chi connectivity index (χ3v) is 2.26. The monoisotopic (exact) mass is 150 g/mol. The lowest BCUT2D eigenvalue weighted by molar-refractivity contribution is 0.686. The molecule has 50 valence electrons. The molecule has 10 heavy (non-hydrogen) atoms. The zero-order valence-corrected chi connectivity index (χ0v) is 6.10. The second-order valence-electron chi connectivity index (χ2n) is 1.96. The summed E-state index contributed by atoms with van der Waals surface area (Å²) in [5.41, 5.74) is 0. The number of rotatable bonds is 0. The Morgan fingerprint density at radius 2 is 1.80 bits per heavy atom. The van der Waals surface area contributed by atoms with Crippen LogP contribution in [0.4, 0.5) is 0 Å². The van der Waals surface area contributed by atoms with E-state index < -0.39 is 0 Å². The summed E-state index contributed by atoms with van der Waals surface area (Å²) >= 11 is 1.79. The van der Waals surface area contributed by atoms with Crippen molar-refractivity contribution in [2.45, 2.75) is 0 Å². The highest BCUT2D eigenvalue weighted by molar-refractivity contribution is 7.17. The largest absolute Gasteiger partial charge is 0.144 e. The van der Waals surface area contributed by atoms with Crippen molar-refractivity contribution in [3.05, 3.63) is 35.7 Å². The van der Waals surface area contributed by atoms with E-state index in [1.165, 1.54) is 10.1 Å². The van der Waals surface area contributed by atoms with Gasteiger partial charge in [-0.25, -0.2) is 0 Å². The van der Waals surface area contributed by atoms with Gasteiger partial charge in [-0.15, -0.1) is 11.3 Å². The lowest BCUT2D eigenvalue weighted by Gasteiger charge is -1.82. The molecule has 2 aromatic rings. The number of fused-ring (bicyclic) bond motifs is 1. The maximum atomic E-state index is 2.14. The zero-order valence-electron chi connectivity index (χ0n) is 5.28. The first-order chi connectivity index (χ1) is 4.47. The van der Waals surface area contributed by atoms with Crippen LogP contribution in [0.3, 0.4) is 0 Å². The van der Waals surface area contributed by atoms with Gasteiger partial charge in [-0.05, 0) is 22.9 Å². The molecule has 0 bridgehead atoms. The first-order valence-corrected chi connectivity index (χ1v) is 3.77. The van der Waals surface area contributed by atoms with Gasteiger partial charge in [0, 0.05) is 10.2 Å². The molecule has 1 nitrogen and oxygen atoms in total. The molecule has 1 aromatic heterocycles. The van der Waals surface area contributed by atoms with Gasteiger partial charge >= 0.3 is 0 Å². The molecule has 0 spiro atoms.